The lowest BCUT2D eigenvalue weighted by Crippen LogP contribution is -1.92. The Morgan fingerprint density at radius 3 is 2.62 bits per heavy atom. The van der Waals surface area contributed by atoms with E-state index in [0.717, 1.165) is 11.4 Å². The first-order valence-electron chi connectivity index (χ1n) is 3.98. The smallest absolute Gasteiger partial charge is 0.223 e. The molecule has 68 valence electrons. The van der Waals surface area contributed by atoms with Crippen LogP contribution in [0.2, 0.25) is 0 Å². The highest BCUT2D eigenvalue weighted by molar-refractivity contribution is 5.48. The van der Waals surface area contributed by atoms with Crippen LogP contribution in [0.1, 0.15) is 11.6 Å². The molecule has 2 heterocycles. The van der Waals surface area contributed by atoms with Gasteiger partial charge in [-0.3, -0.25) is 4.68 Å². The largest absolute Gasteiger partial charge is 0.339 e. The minimum Gasteiger partial charge on any atom is -0.339 e. The Morgan fingerprint density at radius 2 is 2.15 bits per heavy atom. The van der Waals surface area contributed by atoms with Gasteiger partial charge in [-0.1, -0.05) is 5.16 Å². The molecule has 5 heteroatoms. The van der Waals surface area contributed by atoms with Crippen LogP contribution in [0.4, 0.5) is 0 Å². The number of nitrogens with zero attached hydrogens (tertiary/aromatic N) is 4. The SMILES string of the molecule is Cc1nc(-c2cc(C)n(C)n2)no1. The van der Waals surface area contributed by atoms with Crippen molar-refractivity contribution in [3.63, 3.8) is 0 Å². The Morgan fingerprint density at radius 1 is 1.38 bits per heavy atom. The monoisotopic (exact) mass is 178 g/mol. The summed E-state index contributed by atoms with van der Waals surface area (Å²) in [7, 11) is 1.88. The molecule has 0 aromatic carbocycles. The summed E-state index contributed by atoms with van der Waals surface area (Å²) in [5.41, 5.74) is 1.81. The van der Waals surface area contributed by atoms with Gasteiger partial charge in [0, 0.05) is 19.7 Å². The summed E-state index contributed by atoms with van der Waals surface area (Å²) < 4.78 is 6.64. The minimum absolute atomic E-state index is 0.543. The molecule has 0 fully saturated rings. The van der Waals surface area contributed by atoms with E-state index in [-0.39, 0.29) is 0 Å². The maximum Gasteiger partial charge on any atom is 0.223 e. The summed E-state index contributed by atoms with van der Waals surface area (Å²) in [5, 5.41) is 8.00. The lowest BCUT2D eigenvalue weighted by atomic mass is 10.3. The average molecular weight is 178 g/mol. The van der Waals surface area contributed by atoms with Crippen LogP contribution in [-0.2, 0) is 7.05 Å². The van der Waals surface area contributed by atoms with Gasteiger partial charge in [0.2, 0.25) is 11.7 Å². The normalized spacial score (nSPS) is 10.7. The van der Waals surface area contributed by atoms with Crippen molar-refractivity contribution in [3.05, 3.63) is 17.7 Å². The Labute approximate surface area is 75.4 Å². The van der Waals surface area contributed by atoms with Crippen LogP contribution in [0.5, 0.6) is 0 Å². The van der Waals surface area contributed by atoms with Crippen LogP contribution in [0, 0.1) is 13.8 Å². The van der Waals surface area contributed by atoms with Gasteiger partial charge in [-0.15, -0.1) is 0 Å². The zero-order chi connectivity index (χ0) is 9.42. The topological polar surface area (TPSA) is 56.7 Å². The molecule has 0 aliphatic heterocycles. The molecular formula is C8H10N4O. The van der Waals surface area contributed by atoms with Gasteiger partial charge in [0.05, 0.1) is 0 Å². The molecule has 0 aliphatic carbocycles. The zero-order valence-corrected chi connectivity index (χ0v) is 7.77. The van der Waals surface area contributed by atoms with Gasteiger partial charge >= 0.3 is 0 Å². The molecule has 0 saturated carbocycles. The van der Waals surface area contributed by atoms with Crippen molar-refractivity contribution >= 4 is 0 Å². The molecule has 0 radical (unpaired) electrons. The van der Waals surface area contributed by atoms with Crippen LogP contribution in [0.3, 0.4) is 0 Å². The van der Waals surface area contributed by atoms with Crippen molar-refractivity contribution in [1.82, 2.24) is 19.9 Å². The molecule has 0 bridgehead atoms. The molecule has 0 spiro atoms. The molecule has 2 rings (SSSR count). The molecule has 2 aromatic heterocycles. The van der Waals surface area contributed by atoms with E-state index in [1.807, 2.05) is 20.0 Å². The van der Waals surface area contributed by atoms with E-state index in [1.54, 1.807) is 11.6 Å². The van der Waals surface area contributed by atoms with Crippen LogP contribution in [0.15, 0.2) is 10.6 Å². The lowest BCUT2D eigenvalue weighted by Gasteiger charge is -1.88. The third-order valence-electron chi connectivity index (χ3n) is 1.87. The quantitative estimate of drug-likeness (QED) is 0.655. The van der Waals surface area contributed by atoms with Gasteiger partial charge in [-0.25, -0.2) is 0 Å². The lowest BCUT2D eigenvalue weighted by molar-refractivity contribution is 0.394. The minimum atomic E-state index is 0.543. The number of aromatic nitrogens is 4. The fourth-order valence-corrected chi connectivity index (χ4v) is 1.07. The standard InChI is InChI=1S/C8H10N4O/c1-5-4-7(10-12(5)3)8-9-6(2)13-11-8/h4H,1-3H3. The molecular weight excluding hydrogens is 168 g/mol. The van der Waals surface area contributed by atoms with Gasteiger partial charge in [-0.05, 0) is 13.0 Å². The van der Waals surface area contributed by atoms with Crippen LogP contribution in [-0.4, -0.2) is 19.9 Å². The summed E-state index contributed by atoms with van der Waals surface area (Å²) in [6.45, 7) is 3.73. The van der Waals surface area contributed by atoms with Crippen molar-refractivity contribution < 1.29 is 4.52 Å². The molecule has 0 amide bonds. The third-order valence-corrected chi connectivity index (χ3v) is 1.87. The van der Waals surface area contributed by atoms with Crippen molar-refractivity contribution in [1.29, 1.82) is 0 Å². The molecule has 5 nitrogen and oxygen atoms in total. The maximum absolute atomic E-state index is 4.86. The van der Waals surface area contributed by atoms with E-state index in [1.165, 1.54) is 0 Å². The van der Waals surface area contributed by atoms with Crippen molar-refractivity contribution in [2.45, 2.75) is 13.8 Å². The average Bonchev–Trinajstić information content (AvgIpc) is 2.61. The number of hydrogen-bond acceptors (Lipinski definition) is 4. The molecule has 0 aliphatic rings. The Bertz CT molecular complexity index is 410. The highest BCUT2D eigenvalue weighted by Gasteiger charge is 2.09. The summed E-state index contributed by atoms with van der Waals surface area (Å²) in [4.78, 5) is 4.08. The second-order valence-corrected chi connectivity index (χ2v) is 2.93. The number of aryl methyl sites for hydroxylation is 3. The van der Waals surface area contributed by atoms with E-state index in [0.29, 0.717) is 11.7 Å². The second kappa shape index (κ2) is 2.69. The van der Waals surface area contributed by atoms with E-state index < -0.39 is 0 Å². The van der Waals surface area contributed by atoms with Gasteiger partial charge in [-0.2, -0.15) is 10.1 Å². The zero-order valence-electron chi connectivity index (χ0n) is 7.77. The van der Waals surface area contributed by atoms with Gasteiger partial charge in [0.15, 0.2) is 0 Å². The highest BCUT2D eigenvalue weighted by Crippen LogP contribution is 2.14. The third kappa shape index (κ3) is 1.32. The Balaban J connectivity index is 2.46. The van der Waals surface area contributed by atoms with Crippen LogP contribution in [0.25, 0.3) is 11.5 Å². The number of rotatable bonds is 1. The van der Waals surface area contributed by atoms with Crippen molar-refractivity contribution in [2.75, 3.05) is 0 Å². The first kappa shape index (κ1) is 7.97. The van der Waals surface area contributed by atoms with Crippen LogP contribution < -0.4 is 0 Å². The fraction of sp³-hybridized carbons (Fsp3) is 0.375. The van der Waals surface area contributed by atoms with E-state index in [9.17, 15) is 0 Å². The molecule has 0 unspecified atom stereocenters. The van der Waals surface area contributed by atoms with Crippen molar-refractivity contribution in [3.8, 4) is 11.5 Å². The first-order valence-corrected chi connectivity index (χ1v) is 3.98. The number of hydrogen-bond donors (Lipinski definition) is 0. The molecule has 0 saturated heterocycles. The molecule has 0 N–H and O–H groups in total. The van der Waals surface area contributed by atoms with E-state index in [4.69, 9.17) is 4.52 Å². The predicted octanol–water partition coefficient (Wildman–Crippen LogP) is 1.09. The summed E-state index contributed by atoms with van der Waals surface area (Å²) in [6, 6.07) is 1.92. The Kier molecular flexibility index (Phi) is 1.65. The molecule has 2 aromatic rings. The first-order chi connectivity index (χ1) is 6.16. The summed E-state index contributed by atoms with van der Waals surface area (Å²) in [6.07, 6.45) is 0. The van der Waals surface area contributed by atoms with Crippen LogP contribution >= 0.6 is 0 Å². The Hall–Kier alpha value is -1.65. The van der Waals surface area contributed by atoms with Crippen molar-refractivity contribution in [2.24, 2.45) is 7.05 Å². The maximum atomic E-state index is 4.86. The van der Waals surface area contributed by atoms with Gasteiger partial charge in [0.1, 0.15) is 5.69 Å². The summed E-state index contributed by atoms with van der Waals surface area (Å²) >= 11 is 0. The van der Waals surface area contributed by atoms with E-state index >= 15 is 0 Å². The second-order valence-electron chi connectivity index (χ2n) is 2.93. The van der Waals surface area contributed by atoms with Gasteiger partial charge < -0.3 is 4.52 Å². The fourth-order valence-electron chi connectivity index (χ4n) is 1.07. The predicted molar refractivity (Wildman–Crippen MR) is 46.0 cm³/mol. The highest BCUT2D eigenvalue weighted by atomic mass is 16.5. The summed E-state index contributed by atoms with van der Waals surface area (Å²) in [5.74, 6) is 1.10. The molecule has 0 atom stereocenters. The van der Waals surface area contributed by atoms with E-state index in [2.05, 4.69) is 15.2 Å². The van der Waals surface area contributed by atoms with Gasteiger partial charge in [0.25, 0.3) is 0 Å². The molecule has 13 heavy (non-hydrogen) atoms.